The summed E-state index contributed by atoms with van der Waals surface area (Å²) in [7, 11) is 0. The van der Waals surface area contributed by atoms with Crippen LogP contribution in [0, 0.1) is 6.92 Å². The summed E-state index contributed by atoms with van der Waals surface area (Å²) in [4.78, 5) is 12.7. The summed E-state index contributed by atoms with van der Waals surface area (Å²) in [5.74, 6) is 0.762. The Bertz CT molecular complexity index is 767. The highest BCUT2D eigenvalue weighted by Crippen LogP contribution is 2.30. The van der Waals surface area contributed by atoms with Crippen LogP contribution in [-0.4, -0.2) is 12.0 Å². The van der Waals surface area contributed by atoms with E-state index in [2.05, 4.69) is 24.4 Å². The molecule has 1 aliphatic carbocycles. The Morgan fingerprint density at radius 3 is 2.72 bits per heavy atom. The zero-order valence-electron chi connectivity index (χ0n) is 15.4. The van der Waals surface area contributed by atoms with Crippen LogP contribution in [0.5, 0.6) is 5.75 Å². The van der Waals surface area contributed by atoms with Gasteiger partial charge in [0.15, 0.2) is 6.10 Å². The molecule has 25 heavy (non-hydrogen) atoms. The largest absolute Gasteiger partial charge is 0.481 e. The molecular formula is C22H27NO2. The van der Waals surface area contributed by atoms with Crippen LogP contribution < -0.4 is 10.1 Å². The van der Waals surface area contributed by atoms with E-state index in [-0.39, 0.29) is 5.91 Å². The molecule has 0 saturated carbocycles. The molecule has 1 aliphatic rings. The summed E-state index contributed by atoms with van der Waals surface area (Å²) >= 11 is 0. The topological polar surface area (TPSA) is 38.3 Å². The third-order valence-corrected chi connectivity index (χ3v) is 5.01. The number of nitrogens with one attached hydrogen (secondary N) is 1. The second-order valence-corrected chi connectivity index (χ2v) is 6.81. The highest BCUT2D eigenvalue weighted by molar-refractivity contribution is 5.95. The number of para-hydroxylation sites is 1. The molecule has 1 N–H and O–H groups in total. The molecule has 0 spiro atoms. The van der Waals surface area contributed by atoms with Crippen molar-refractivity contribution in [2.24, 2.45) is 0 Å². The lowest BCUT2D eigenvalue weighted by atomic mass is 9.91. The van der Waals surface area contributed by atoms with Gasteiger partial charge in [0.1, 0.15) is 5.75 Å². The van der Waals surface area contributed by atoms with E-state index < -0.39 is 6.10 Å². The Morgan fingerprint density at radius 2 is 1.92 bits per heavy atom. The van der Waals surface area contributed by atoms with Crippen molar-refractivity contribution in [3.63, 3.8) is 0 Å². The van der Waals surface area contributed by atoms with Gasteiger partial charge in [-0.2, -0.15) is 0 Å². The molecule has 0 radical (unpaired) electrons. The number of hydrogen-bond acceptors (Lipinski definition) is 2. The minimum absolute atomic E-state index is 0.0996. The standard InChI is InChI=1S/C22H27NO2/c1-4-17-11-7-9-15(2)21(17)23-22(24)16(3)25-20-14-8-12-18-10-5-6-13-19(18)20/h7-9,11-12,14,16H,4-6,10,13H2,1-3H3,(H,23,24)/t16-/m0/s1. The number of aryl methyl sites for hydroxylation is 3. The van der Waals surface area contributed by atoms with Gasteiger partial charge in [-0.15, -0.1) is 0 Å². The van der Waals surface area contributed by atoms with Crippen molar-refractivity contribution in [2.75, 3.05) is 5.32 Å². The number of ether oxygens (including phenoxy) is 1. The van der Waals surface area contributed by atoms with Gasteiger partial charge in [-0.05, 0) is 74.3 Å². The van der Waals surface area contributed by atoms with E-state index in [1.165, 1.54) is 24.0 Å². The number of anilines is 1. The third kappa shape index (κ3) is 3.87. The molecule has 0 aromatic heterocycles. The van der Waals surface area contributed by atoms with Crippen molar-refractivity contribution in [3.05, 3.63) is 58.7 Å². The summed E-state index contributed by atoms with van der Waals surface area (Å²) in [5, 5.41) is 3.07. The lowest BCUT2D eigenvalue weighted by molar-refractivity contribution is -0.122. The normalized spacial score (nSPS) is 14.5. The van der Waals surface area contributed by atoms with Gasteiger partial charge in [0.2, 0.25) is 0 Å². The number of benzene rings is 2. The first-order valence-corrected chi connectivity index (χ1v) is 9.27. The lowest BCUT2D eigenvalue weighted by Gasteiger charge is -2.22. The van der Waals surface area contributed by atoms with E-state index in [0.717, 1.165) is 41.8 Å². The average Bonchev–Trinajstić information content (AvgIpc) is 2.63. The van der Waals surface area contributed by atoms with Crippen LogP contribution in [0.4, 0.5) is 5.69 Å². The fourth-order valence-electron chi connectivity index (χ4n) is 3.53. The van der Waals surface area contributed by atoms with E-state index in [4.69, 9.17) is 4.74 Å². The minimum atomic E-state index is -0.530. The Balaban J connectivity index is 1.74. The van der Waals surface area contributed by atoms with E-state index in [9.17, 15) is 4.79 Å². The van der Waals surface area contributed by atoms with Crippen LogP contribution in [0.1, 0.15) is 48.9 Å². The van der Waals surface area contributed by atoms with Crippen LogP contribution in [0.15, 0.2) is 36.4 Å². The predicted molar refractivity (Wildman–Crippen MR) is 102 cm³/mol. The van der Waals surface area contributed by atoms with Crippen LogP contribution in [-0.2, 0) is 24.1 Å². The van der Waals surface area contributed by atoms with E-state index >= 15 is 0 Å². The summed E-state index contributed by atoms with van der Waals surface area (Å²) in [6, 6.07) is 12.3. The van der Waals surface area contributed by atoms with E-state index in [1.54, 1.807) is 0 Å². The maximum absolute atomic E-state index is 12.7. The van der Waals surface area contributed by atoms with Gasteiger partial charge in [0.25, 0.3) is 5.91 Å². The van der Waals surface area contributed by atoms with Crippen molar-refractivity contribution in [1.29, 1.82) is 0 Å². The van der Waals surface area contributed by atoms with Crippen LogP contribution in [0.25, 0.3) is 0 Å². The SMILES string of the molecule is CCc1cccc(C)c1NC(=O)[C@H](C)Oc1cccc2c1CCCC2. The number of carbonyl (C=O) groups excluding carboxylic acids is 1. The summed E-state index contributed by atoms with van der Waals surface area (Å²) in [6.07, 6.45) is 4.93. The van der Waals surface area contributed by atoms with Crippen LogP contribution in [0.2, 0.25) is 0 Å². The van der Waals surface area contributed by atoms with Crippen LogP contribution >= 0.6 is 0 Å². The predicted octanol–water partition coefficient (Wildman–Crippen LogP) is 4.84. The number of fused-ring (bicyclic) bond motifs is 1. The van der Waals surface area contributed by atoms with Gasteiger partial charge in [-0.3, -0.25) is 4.79 Å². The van der Waals surface area contributed by atoms with Gasteiger partial charge in [0, 0.05) is 5.69 Å². The highest BCUT2D eigenvalue weighted by atomic mass is 16.5. The molecule has 3 rings (SSSR count). The fraction of sp³-hybridized carbons (Fsp3) is 0.409. The van der Waals surface area contributed by atoms with Crippen molar-refractivity contribution in [1.82, 2.24) is 0 Å². The molecule has 1 amide bonds. The summed E-state index contributed by atoms with van der Waals surface area (Å²) in [5.41, 5.74) is 5.79. The van der Waals surface area contributed by atoms with E-state index in [1.807, 2.05) is 38.1 Å². The highest BCUT2D eigenvalue weighted by Gasteiger charge is 2.20. The summed E-state index contributed by atoms with van der Waals surface area (Å²) in [6.45, 7) is 5.94. The molecular weight excluding hydrogens is 310 g/mol. The molecule has 0 fully saturated rings. The Kier molecular flexibility index (Phi) is 5.42. The molecule has 2 aromatic carbocycles. The first kappa shape index (κ1) is 17.5. The molecule has 0 aliphatic heterocycles. The van der Waals surface area contributed by atoms with Gasteiger partial charge < -0.3 is 10.1 Å². The van der Waals surface area contributed by atoms with Gasteiger partial charge >= 0.3 is 0 Å². The second-order valence-electron chi connectivity index (χ2n) is 6.81. The fourth-order valence-corrected chi connectivity index (χ4v) is 3.53. The van der Waals surface area contributed by atoms with Crippen molar-refractivity contribution >= 4 is 11.6 Å². The molecule has 132 valence electrons. The quantitative estimate of drug-likeness (QED) is 0.847. The second kappa shape index (κ2) is 7.73. The van der Waals surface area contributed by atoms with Gasteiger partial charge in [-0.25, -0.2) is 0 Å². The number of amides is 1. The van der Waals surface area contributed by atoms with E-state index in [0.29, 0.717) is 0 Å². The first-order valence-electron chi connectivity index (χ1n) is 9.27. The van der Waals surface area contributed by atoms with Gasteiger partial charge in [0.05, 0.1) is 0 Å². The smallest absolute Gasteiger partial charge is 0.265 e. The van der Waals surface area contributed by atoms with Crippen LogP contribution in [0.3, 0.4) is 0 Å². The number of carbonyl (C=O) groups is 1. The lowest BCUT2D eigenvalue weighted by Crippen LogP contribution is -2.31. The molecule has 0 bridgehead atoms. The molecule has 1 atom stereocenters. The number of rotatable bonds is 5. The zero-order chi connectivity index (χ0) is 17.8. The zero-order valence-corrected chi connectivity index (χ0v) is 15.4. The Labute approximate surface area is 150 Å². The van der Waals surface area contributed by atoms with Crippen molar-refractivity contribution < 1.29 is 9.53 Å². The average molecular weight is 337 g/mol. The molecule has 0 saturated heterocycles. The maximum Gasteiger partial charge on any atom is 0.265 e. The maximum atomic E-state index is 12.7. The summed E-state index contributed by atoms with van der Waals surface area (Å²) < 4.78 is 6.05. The Hall–Kier alpha value is -2.29. The molecule has 3 heteroatoms. The molecule has 3 nitrogen and oxygen atoms in total. The molecule has 0 unspecified atom stereocenters. The third-order valence-electron chi connectivity index (χ3n) is 5.01. The monoisotopic (exact) mass is 337 g/mol. The van der Waals surface area contributed by atoms with Gasteiger partial charge in [-0.1, -0.05) is 37.3 Å². The number of hydrogen-bond donors (Lipinski definition) is 1. The molecule has 2 aromatic rings. The first-order chi connectivity index (χ1) is 12.1. The Morgan fingerprint density at radius 1 is 1.16 bits per heavy atom. The van der Waals surface area contributed by atoms with Crippen molar-refractivity contribution in [2.45, 2.75) is 59.0 Å². The van der Waals surface area contributed by atoms with Crippen molar-refractivity contribution in [3.8, 4) is 5.75 Å². The minimum Gasteiger partial charge on any atom is -0.481 e. The molecule has 0 heterocycles.